The minimum absolute atomic E-state index is 0.0370. The molecule has 0 spiro atoms. The molecule has 4 nitrogen and oxygen atoms in total. The molecule has 0 saturated carbocycles. The van der Waals surface area contributed by atoms with Crippen LogP contribution in [-0.4, -0.2) is 8.42 Å². The molecule has 0 bridgehead atoms. The molecule has 2 rings (SSSR count). The van der Waals surface area contributed by atoms with Gasteiger partial charge in [0.15, 0.2) is 0 Å². The number of benzene rings is 2. The second kappa shape index (κ2) is 6.22. The molecular formula is C12H8BrCl3N2O2S. The molecule has 0 aliphatic heterocycles. The van der Waals surface area contributed by atoms with E-state index in [1.54, 1.807) is 12.1 Å². The first-order chi connectivity index (χ1) is 9.70. The van der Waals surface area contributed by atoms with Gasteiger partial charge in [-0.3, -0.25) is 4.72 Å². The van der Waals surface area contributed by atoms with E-state index in [1.807, 2.05) is 0 Å². The highest BCUT2D eigenvalue weighted by molar-refractivity contribution is 9.10. The maximum absolute atomic E-state index is 12.4. The number of hydrogen-bond acceptors (Lipinski definition) is 3. The Bertz CT molecular complexity index is 789. The van der Waals surface area contributed by atoms with Gasteiger partial charge in [0.05, 0.1) is 16.4 Å². The van der Waals surface area contributed by atoms with Crippen molar-refractivity contribution in [3.63, 3.8) is 0 Å². The molecule has 0 radical (unpaired) electrons. The van der Waals surface area contributed by atoms with Gasteiger partial charge in [-0.2, -0.15) is 0 Å². The van der Waals surface area contributed by atoms with Crippen LogP contribution in [0.25, 0.3) is 0 Å². The fourth-order valence-corrected chi connectivity index (χ4v) is 4.61. The lowest BCUT2D eigenvalue weighted by atomic mass is 10.3. The first-order valence-electron chi connectivity index (χ1n) is 5.43. The van der Waals surface area contributed by atoms with Gasteiger partial charge in [-0.05, 0) is 46.3 Å². The Morgan fingerprint density at radius 3 is 2.29 bits per heavy atom. The minimum Gasteiger partial charge on any atom is -0.398 e. The average Bonchev–Trinajstić information content (AvgIpc) is 2.30. The van der Waals surface area contributed by atoms with Gasteiger partial charge in [-0.25, -0.2) is 8.42 Å². The highest BCUT2D eigenvalue weighted by atomic mass is 79.9. The molecule has 9 heteroatoms. The maximum Gasteiger partial charge on any atom is 0.265 e. The van der Waals surface area contributed by atoms with Crippen molar-refractivity contribution < 1.29 is 8.42 Å². The monoisotopic (exact) mass is 428 g/mol. The van der Waals surface area contributed by atoms with Gasteiger partial charge in [0.2, 0.25) is 0 Å². The quantitative estimate of drug-likeness (QED) is 0.688. The van der Waals surface area contributed by atoms with Crippen LogP contribution in [0, 0.1) is 0 Å². The Morgan fingerprint density at radius 1 is 1.05 bits per heavy atom. The fourth-order valence-electron chi connectivity index (χ4n) is 1.63. The van der Waals surface area contributed by atoms with Crippen LogP contribution in [0.1, 0.15) is 0 Å². The van der Waals surface area contributed by atoms with Crippen molar-refractivity contribution in [2.24, 2.45) is 0 Å². The summed E-state index contributed by atoms with van der Waals surface area (Å²) in [6.45, 7) is 0. The summed E-state index contributed by atoms with van der Waals surface area (Å²) in [5, 5.41) is 0.663. The van der Waals surface area contributed by atoms with Gasteiger partial charge >= 0.3 is 0 Å². The number of anilines is 2. The van der Waals surface area contributed by atoms with E-state index in [-0.39, 0.29) is 20.6 Å². The molecule has 112 valence electrons. The molecule has 0 amide bonds. The number of halogens is 4. The van der Waals surface area contributed by atoms with Gasteiger partial charge < -0.3 is 5.73 Å². The second-order valence-electron chi connectivity index (χ2n) is 4.04. The lowest BCUT2D eigenvalue weighted by Gasteiger charge is -2.13. The van der Waals surface area contributed by atoms with Gasteiger partial charge in [0.1, 0.15) is 4.90 Å². The normalized spacial score (nSPS) is 11.4. The van der Waals surface area contributed by atoms with Crippen molar-refractivity contribution in [2.45, 2.75) is 4.90 Å². The molecule has 21 heavy (non-hydrogen) atoms. The summed E-state index contributed by atoms with van der Waals surface area (Å²) >= 11 is 20.7. The van der Waals surface area contributed by atoms with Crippen LogP contribution in [0.3, 0.4) is 0 Å². The molecule has 0 atom stereocenters. The molecule has 0 saturated heterocycles. The Morgan fingerprint density at radius 2 is 1.71 bits per heavy atom. The van der Waals surface area contributed by atoms with Crippen LogP contribution in [0.2, 0.25) is 15.1 Å². The summed E-state index contributed by atoms with van der Waals surface area (Å²) in [7, 11) is -3.97. The zero-order chi connectivity index (χ0) is 15.8. The van der Waals surface area contributed by atoms with E-state index < -0.39 is 10.0 Å². The highest BCUT2D eigenvalue weighted by Crippen LogP contribution is 2.34. The molecule has 0 aliphatic carbocycles. The van der Waals surface area contributed by atoms with Gasteiger partial charge in [-0.15, -0.1) is 0 Å². The number of hydrogen-bond donors (Lipinski definition) is 2. The van der Waals surface area contributed by atoms with Crippen LogP contribution in [0.4, 0.5) is 11.4 Å². The van der Waals surface area contributed by atoms with Gasteiger partial charge in [0, 0.05) is 14.5 Å². The third kappa shape index (κ3) is 3.76. The van der Waals surface area contributed by atoms with Gasteiger partial charge in [0.25, 0.3) is 10.0 Å². The van der Waals surface area contributed by atoms with Crippen LogP contribution >= 0.6 is 50.7 Å². The van der Waals surface area contributed by atoms with Crippen molar-refractivity contribution in [1.82, 2.24) is 0 Å². The third-order valence-corrected chi connectivity index (χ3v) is 5.48. The lowest BCUT2D eigenvalue weighted by Crippen LogP contribution is -2.15. The minimum atomic E-state index is -3.97. The summed E-state index contributed by atoms with van der Waals surface area (Å²) in [4.78, 5) is -0.226. The van der Waals surface area contributed by atoms with Crippen molar-refractivity contribution in [3.8, 4) is 0 Å². The number of nitrogens with two attached hydrogens (primary N) is 1. The molecular weight excluding hydrogens is 422 g/mol. The van der Waals surface area contributed by atoms with Crippen LogP contribution < -0.4 is 10.5 Å². The van der Waals surface area contributed by atoms with Crippen molar-refractivity contribution in [1.29, 1.82) is 0 Å². The Hall–Kier alpha value is -0.660. The van der Waals surface area contributed by atoms with Crippen LogP contribution in [0.5, 0.6) is 0 Å². The molecule has 0 aromatic heterocycles. The second-order valence-corrected chi connectivity index (χ2v) is 7.79. The Balaban J connectivity index is 2.48. The molecule has 2 aromatic carbocycles. The highest BCUT2D eigenvalue weighted by Gasteiger charge is 2.23. The van der Waals surface area contributed by atoms with E-state index >= 15 is 0 Å². The number of sulfonamides is 1. The number of nitrogen functional groups attached to an aromatic ring is 1. The fraction of sp³-hybridized carbons (Fsp3) is 0. The zero-order valence-corrected chi connectivity index (χ0v) is 14.9. The summed E-state index contributed by atoms with van der Waals surface area (Å²) in [6, 6.07) is 7.26. The third-order valence-electron chi connectivity index (χ3n) is 2.48. The first-order valence-corrected chi connectivity index (χ1v) is 8.84. The number of rotatable bonds is 3. The SMILES string of the molecule is Nc1cc(Cl)cc(Cl)c1S(=O)(=O)Nc1ccc(Cl)cc1Br. The molecule has 0 unspecified atom stereocenters. The summed E-state index contributed by atoms with van der Waals surface area (Å²) in [6.07, 6.45) is 0. The van der Waals surface area contributed by atoms with Crippen molar-refractivity contribution in [3.05, 3.63) is 49.9 Å². The van der Waals surface area contributed by atoms with E-state index in [0.29, 0.717) is 15.2 Å². The first kappa shape index (κ1) is 16.7. The average molecular weight is 431 g/mol. The molecule has 3 N–H and O–H groups in total. The van der Waals surface area contributed by atoms with Gasteiger partial charge in [-0.1, -0.05) is 34.8 Å². The molecule has 2 aromatic rings. The summed E-state index contributed by atoms with van der Waals surface area (Å²) < 4.78 is 27.7. The van der Waals surface area contributed by atoms with Crippen molar-refractivity contribution in [2.75, 3.05) is 10.5 Å². The van der Waals surface area contributed by atoms with E-state index in [9.17, 15) is 8.42 Å². The molecule has 0 fully saturated rings. The Labute approximate surface area is 145 Å². The largest absolute Gasteiger partial charge is 0.398 e. The smallest absolute Gasteiger partial charge is 0.265 e. The lowest BCUT2D eigenvalue weighted by molar-refractivity contribution is 0.601. The zero-order valence-electron chi connectivity index (χ0n) is 10.2. The molecule has 0 heterocycles. The van der Waals surface area contributed by atoms with E-state index in [0.717, 1.165) is 0 Å². The van der Waals surface area contributed by atoms with Crippen LogP contribution in [0.15, 0.2) is 39.7 Å². The predicted octanol–water partition coefficient (Wildman–Crippen LogP) is 4.79. The maximum atomic E-state index is 12.4. The summed E-state index contributed by atoms with van der Waals surface area (Å²) in [5.41, 5.74) is 5.98. The van der Waals surface area contributed by atoms with Crippen molar-refractivity contribution >= 4 is 72.1 Å². The van der Waals surface area contributed by atoms with E-state index in [2.05, 4.69) is 20.7 Å². The Kier molecular flexibility index (Phi) is 4.95. The van der Waals surface area contributed by atoms with Crippen LogP contribution in [-0.2, 0) is 10.0 Å². The predicted molar refractivity (Wildman–Crippen MR) is 90.8 cm³/mol. The topological polar surface area (TPSA) is 72.2 Å². The van der Waals surface area contributed by atoms with E-state index in [1.165, 1.54) is 18.2 Å². The van der Waals surface area contributed by atoms with E-state index in [4.69, 9.17) is 40.5 Å². The summed E-state index contributed by atoms with van der Waals surface area (Å²) in [5.74, 6) is 0. The number of nitrogens with one attached hydrogen (secondary N) is 1. The standard InChI is InChI=1S/C12H8BrCl3N2O2S/c13-8-3-6(14)1-2-11(8)18-21(19,20)12-9(16)4-7(15)5-10(12)17/h1-5,18H,17H2. The molecule has 0 aliphatic rings.